The van der Waals surface area contributed by atoms with Crippen molar-refractivity contribution in [3.05, 3.63) is 89.0 Å². The molecule has 0 spiro atoms. The number of pyridine rings is 1. The second-order valence-corrected chi connectivity index (χ2v) is 7.35. The van der Waals surface area contributed by atoms with Crippen LogP contribution in [0.3, 0.4) is 0 Å². The molecule has 0 aliphatic rings. The predicted molar refractivity (Wildman–Crippen MR) is 109 cm³/mol. The van der Waals surface area contributed by atoms with Crippen LogP contribution in [0.1, 0.15) is 41.2 Å². The Morgan fingerprint density at radius 3 is 2.29 bits per heavy atom. The van der Waals surface area contributed by atoms with Crippen molar-refractivity contribution >= 4 is 5.97 Å². The summed E-state index contributed by atoms with van der Waals surface area (Å²) >= 11 is 0. The second kappa shape index (κ2) is 8.79. The van der Waals surface area contributed by atoms with E-state index in [1.54, 1.807) is 24.3 Å². The van der Waals surface area contributed by atoms with E-state index >= 15 is 0 Å². The average Bonchev–Trinajstić information content (AvgIpc) is 2.67. The number of carbonyl (C=O) groups is 1. The van der Waals surface area contributed by atoms with E-state index in [1.807, 2.05) is 30.3 Å². The molecule has 3 aromatic rings. The Morgan fingerprint density at radius 2 is 1.64 bits per heavy atom. The molecule has 144 valence electrons. The van der Waals surface area contributed by atoms with Gasteiger partial charge in [0.1, 0.15) is 5.82 Å². The molecule has 0 aliphatic carbocycles. The largest absolute Gasteiger partial charge is 0.478 e. The van der Waals surface area contributed by atoms with E-state index in [1.165, 1.54) is 6.07 Å². The lowest BCUT2D eigenvalue weighted by atomic mass is 9.94. The van der Waals surface area contributed by atoms with Crippen LogP contribution in [-0.4, -0.2) is 16.1 Å². The van der Waals surface area contributed by atoms with Crippen molar-refractivity contribution < 1.29 is 14.3 Å². The third kappa shape index (κ3) is 4.63. The van der Waals surface area contributed by atoms with Gasteiger partial charge in [-0.3, -0.25) is 4.98 Å². The van der Waals surface area contributed by atoms with Crippen LogP contribution in [0.5, 0.6) is 0 Å². The lowest BCUT2D eigenvalue weighted by Crippen LogP contribution is -2.11. The average molecular weight is 377 g/mol. The summed E-state index contributed by atoms with van der Waals surface area (Å²) in [7, 11) is 0. The summed E-state index contributed by atoms with van der Waals surface area (Å²) in [6, 6.07) is 17.9. The van der Waals surface area contributed by atoms with E-state index in [-0.39, 0.29) is 11.4 Å². The number of aromatic nitrogens is 1. The molecule has 28 heavy (non-hydrogen) atoms. The van der Waals surface area contributed by atoms with Gasteiger partial charge in [0.2, 0.25) is 0 Å². The molecule has 1 heterocycles. The van der Waals surface area contributed by atoms with Gasteiger partial charge in [0.25, 0.3) is 0 Å². The van der Waals surface area contributed by atoms with Gasteiger partial charge in [0.05, 0.1) is 11.3 Å². The van der Waals surface area contributed by atoms with E-state index < -0.39 is 5.97 Å². The fourth-order valence-corrected chi connectivity index (χ4v) is 3.33. The highest BCUT2D eigenvalue weighted by Gasteiger charge is 2.20. The van der Waals surface area contributed by atoms with E-state index in [2.05, 4.69) is 13.8 Å². The minimum Gasteiger partial charge on any atom is -0.478 e. The summed E-state index contributed by atoms with van der Waals surface area (Å²) in [5, 5.41) is 9.74. The molecule has 0 saturated carbocycles. The molecular formula is C24H24FNO2. The topological polar surface area (TPSA) is 50.2 Å². The molecule has 4 heteroatoms. The lowest BCUT2D eigenvalue weighted by molar-refractivity contribution is 0.0695. The number of carboxylic acids is 1. The van der Waals surface area contributed by atoms with Crippen LogP contribution in [0.2, 0.25) is 0 Å². The summed E-state index contributed by atoms with van der Waals surface area (Å²) in [5.41, 5.74) is 3.52. The van der Waals surface area contributed by atoms with Crippen molar-refractivity contribution in [2.75, 3.05) is 0 Å². The van der Waals surface area contributed by atoms with Gasteiger partial charge in [-0.2, -0.15) is 0 Å². The summed E-state index contributed by atoms with van der Waals surface area (Å²) in [5.74, 6) is -1.09. The lowest BCUT2D eigenvalue weighted by Gasteiger charge is -2.16. The van der Waals surface area contributed by atoms with Gasteiger partial charge in [-0.25, -0.2) is 9.18 Å². The zero-order valence-electron chi connectivity index (χ0n) is 16.2. The number of rotatable bonds is 7. The van der Waals surface area contributed by atoms with E-state index in [0.29, 0.717) is 42.0 Å². The van der Waals surface area contributed by atoms with Crippen LogP contribution in [0.4, 0.5) is 4.39 Å². The van der Waals surface area contributed by atoms with Gasteiger partial charge in [0.15, 0.2) is 0 Å². The van der Waals surface area contributed by atoms with Gasteiger partial charge in [-0.05, 0) is 42.9 Å². The Morgan fingerprint density at radius 1 is 0.964 bits per heavy atom. The Balaban J connectivity index is 2.07. The van der Waals surface area contributed by atoms with E-state index in [4.69, 9.17) is 4.98 Å². The maximum atomic E-state index is 14.4. The summed E-state index contributed by atoms with van der Waals surface area (Å²) in [6.07, 6.45) is 1.88. The van der Waals surface area contributed by atoms with Gasteiger partial charge in [-0.15, -0.1) is 0 Å². The number of aromatic carboxylic acids is 1. The fraction of sp³-hybridized carbons (Fsp3) is 0.250. The fourth-order valence-electron chi connectivity index (χ4n) is 3.33. The first-order valence-corrected chi connectivity index (χ1v) is 9.50. The molecule has 0 fully saturated rings. The number of aryl methyl sites for hydroxylation is 2. The molecule has 0 radical (unpaired) electrons. The van der Waals surface area contributed by atoms with Crippen molar-refractivity contribution in [1.29, 1.82) is 0 Å². The Labute approximate surface area is 164 Å². The molecule has 2 aromatic carbocycles. The molecule has 0 unspecified atom stereocenters. The molecule has 1 aromatic heterocycles. The van der Waals surface area contributed by atoms with Gasteiger partial charge >= 0.3 is 5.97 Å². The predicted octanol–water partition coefficient (Wildman–Crippen LogP) is 5.57. The molecule has 0 atom stereocenters. The second-order valence-electron chi connectivity index (χ2n) is 7.35. The number of hydrogen-bond acceptors (Lipinski definition) is 2. The van der Waals surface area contributed by atoms with Crippen LogP contribution in [0.25, 0.3) is 11.1 Å². The normalized spacial score (nSPS) is 11.0. The molecule has 0 saturated heterocycles. The van der Waals surface area contributed by atoms with Gasteiger partial charge in [-0.1, -0.05) is 62.4 Å². The highest BCUT2D eigenvalue weighted by Crippen LogP contribution is 2.29. The highest BCUT2D eigenvalue weighted by atomic mass is 19.1. The Hall–Kier alpha value is -3.01. The van der Waals surface area contributed by atoms with Crippen molar-refractivity contribution in [3.8, 4) is 11.1 Å². The zero-order valence-corrected chi connectivity index (χ0v) is 16.2. The van der Waals surface area contributed by atoms with Crippen LogP contribution >= 0.6 is 0 Å². The van der Waals surface area contributed by atoms with Crippen LogP contribution in [0.15, 0.2) is 60.7 Å². The van der Waals surface area contributed by atoms with Crippen LogP contribution in [-0.2, 0) is 19.3 Å². The molecular weight excluding hydrogens is 353 g/mol. The van der Waals surface area contributed by atoms with E-state index in [9.17, 15) is 14.3 Å². The first-order chi connectivity index (χ1) is 13.5. The zero-order chi connectivity index (χ0) is 20.1. The monoisotopic (exact) mass is 377 g/mol. The first kappa shape index (κ1) is 19.7. The highest BCUT2D eigenvalue weighted by molar-refractivity contribution is 5.91. The van der Waals surface area contributed by atoms with Crippen molar-refractivity contribution in [2.45, 2.75) is 33.1 Å². The van der Waals surface area contributed by atoms with Crippen molar-refractivity contribution in [2.24, 2.45) is 5.92 Å². The quantitative estimate of drug-likeness (QED) is 0.586. The smallest absolute Gasteiger partial charge is 0.337 e. The number of nitrogens with zero attached hydrogens (tertiary/aromatic N) is 1. The van der Waals surface area contributed by atoms with E-state index in [0.717, 1.165) is 11.3 Å². The minimum atomic E-state index is -1.04. The van der Waals surface area contributed by atoms with Crippen LogP contribution in [0, 0.1) is 11.7 Å². The number of halogens is 1. The molecule has 0 aliphatic heterocycles. The van der Waals surface area contributed by atoms with Crippen LogP contribution < -0.4 is 0 Å². The third-order valence-corrected chi connectivity index (χ3v) is 4.67. The van der Waals surface area contributed by atoms with Gasteiger partial charge in [0, 0.05) is 16.8 Å². The van der Waals surface area contributed by atoms with Gasteiger partial charge < -0.3 is 5.11 Å². The van der Waals surface area contributed by atoms with Crippen molar-refractivity contribution in [3.63, 3.8) is 0 Å². The summed E-state index contributed by atoms with van der Waals surface area (Å²) in [4.78, 5) is 16.6. The number of hydrogen-bond donors (Lipinski definition) is 1. The molecule has 3 rings (SSSR count). The molecule has 1 N–H and O–H groups in total. The molecule has 3 nitrogen and oxygen atoms in total. The third-order valence-electron chi connectivity index (χ3n) is 4.67. The Kier molecular flexibility index (Phi) is 6.19. The summed E-state index contributed by atoms with van der Waals surface area (Å²) in [6.45, 7) is 4.14. The maximum Gasteiger partial charge on any atom is 0.337 e. The maximum absolute atomic E-state index is 14.4. The number of carboxylic acid groups (broad SMARTS) is 1. The Bertz CT molecular complexity index is 968. The SMILES string of the molecule is CC(C)Cc1nc(CCc2ccccc2)c(C(=O)O)cc1-c1ccccc1F. The van der Waals surface area contributed by atoms with Crippen molar-refractivity contribution in [1.82, 2.24) is 4.98 Å². The molecule has 0 bridgehead atoms. The minimum absolute atomic E-state index is 0.140. The first-order valence-electron chi connectivity index (χ1n) is 9.50. The summed E-state index contributed by atoms with van der Waals surface area (Å²) < 4.78 is 14.4. The molecule has 0 amide bonds. The number of benzene rings is 2. The standard InChI is InChI=1S/C24H24FNO2/c1-16(2)14-23-19(18-10-6-7-11-21(18)25)15-20(24(27)28)22(26-23)13-12-17-8-4-3-5-9-17/h3-11,15-16H,12-14H2,1-2H3,(H,27,28).